The monoisotopic (exact) mass is 258 g/mol. The molecular formula is C18H31B. The molecule has 0 N–H and O–H groups in total. The van der Waals surface area contributed by atoms with Crippen LogP contribution in [0.3, 0.4) is 0 Å². The fourth-order valence-electron chi connectivity index (χ4n) is 7.12. The van der Waals surface area contributed by atoms with Crippen molar-refractivity contribution in [3.63, 3.8) is 0 Å². The van der Waals surface area contributed by atoms with Gasteiger partial charge in [0, 0.05) is 0 Å². The van der Waals surface area contributed by atoms with Crippen molar-refractivity contribution in [2.24, 2.45) is 23.2 Å². The second kappa shape index (κ2) is 4.28. The maximum atomic E-state index is 2.62. The van der Waals surface area contributed by atoms with Gasteiger partial charge in [0.15, 0.2) is 0 Å². The highest BCUT2D eigenvalue weighted by molar-refractivity contribution is 6.64. The first-order chi connectivity index (χ1) is 9.09. The predicted molar refractivity (Wildman–Crippen MR) is 83.9 cm³/mol. The van der Waals surface area contributed by atoms with Crippen molar-refractivity contribution >= 4 is 6.71 Å². The van der Waals surface area contributed by atoms with E-state index in [0.29, 0.717) is 5.41 Å². The van der Waals surface area contributed by atoms with Crippen LogP contribution in [0.25, 0.3) is 0 Å². The van der Waals surface area contributed by atoms with Gasteiger partial charge in [0.2, 0.25) is 0 Å². The van der Waals surface area contributed by atoms with Crippen molar-refractivity contribution in [3.8, 4) is 0 Å². The number of rotatable bonds is 1. The molecule has 2 saturated heterocycles. The largest absolute Gasteiger partial charge is 0.149 e. The van der Waals surface area contributed by atoms with Gasteiger partial charge in [-0.2, -0.15) is 0 Å². The van der Waals surface area contributed by atoms with Crippen LogP contribution in [-0.2, 0) is 0 Å². The molecule has 0 aromatic carbocycles. The van der Waals surface area contributed by atoms with Gasteiger partial charge in [0.1, 0.15) is 6.71 Å². The Morgan fingerprint density at radius 1 is 0.895 bits per heavy atom. The molecule has 19 heavy (non-hydrogen) atoms. The number of fused-ring (bicyclic) bond motifs is 5. The van der Waals surface area contributed by atoms with E-state index >= 15 is 0 Å². The lowest BCUT2D eigenvalue weighted by molar-refractivity contribution is -0.0998. The number of hydrogen-bond acceptors (Lipinski definition) is 0. The summed E-state index contributed by atoms with van der Waals surface area (Å²) in [5.41, 5.74) is 0.680. The first-order valence-electron chi connectivity index (χ1n) is 9.09. The van der Waals surface area contributed by atoms with Crippen LogP contribution in [0.4, 0.5) is 0 Å². The third kappa shape index (κ3) is 1.72. The Morgan fingerprint density at radius 3 is 1.95 bits per heavy atom. The zero-order valence-electron chi connectivity index (χ0n) is 13.2. The Bertz CT molecular complexity index is 339. The second-order valence-corrected chi connectivity index (χ2v) is 9.08. The minimum atomic E-state index is 0.680. The first-order valence-corrected chi connectivity index (χ1v) is 9.09. The van der Waals surface area contributed by atoms with Gasteiger partial charge < -0.3 is 0 Å². The Labute approximate surface area is 120 Å². The Balaban J connectivity index is 1.57. The smallest absolute Gasteiger partial charge is 0.0626 e. The molecule has 4 bridgehead atoms. The standard InChI is InChI=1S/C18H31B/c1-12-16-10-13(18(16,2)3)11-17(12)19-14-6-4-7-15(19)9-5-8-14/h12-17H,4-11H2,1-3H3/t12-,13+,14?,15?,16-,17+/m0/s1. The van der Waals surface area contributed by atoms with Crippen LogP contribution in [0.1, 0.15) is 72.1 Å². The summed E-state index contributed by atoms with van der Waals surface area (Å²) >= 11 is 0. The van der Waals surface area contributed by atoms with Gasteiger partial charge >= 0.3 is 0 Å². The molecule has 0 nitrogen and oxygen atoms in total. The minimum absolute atomic E-state index is 0.680. The fraction of sp³-hybridized carbons (Fsp3) is 1.00. The van der Waals surface area contributed by atoms with Gasteiger partial charge in [-0.15, -0.1) is 0 Å². The van der Waals surface area contributed by atoms with Crippen molar-refractivity contribution < 1.29 is 0 Å². The van der Waals surface area contributed by atoms with E-state index < -0.39 is 0 Å². The summed E-state index contributed by atoms with van der Waals surface area (Å²) in [5.74, 6) is 6.50. The topological polar surface area (TPSA) is 0 Å². The van der Waals surface area contributed by atoms with Crippen LogP contribution in [0, 0.1) is 23.2 Å². The van der Waals surface area contributed by atoms with E-state index in [0.717, 1.165) is 41.9 Å². The Hall–Kier alpha value is 0.0649. The van der Waals surface area contributed by atoms with E-state index in [1.54, 1.807) is 51.4 Å². The molecule has 0 unspecified atom stereocenters. The lowest BCUT2D eigenvalue weighted by Crippen LogP contribution is -2.57. The highest BCUT2D eigenvalue weighted by Gasteiger charge is 2.59. The molecule has 4 atom stereocenters. The minimum Gasteiger partial charge on any atom is -0.0626 e. The van der Waals surface area contributed by atoms with Crippen LogP contribution >= 0.6 is 0 Å². The van der Waals surface area contributed by atoms with E-state index in [9.17, 15) is 0 Å². The van der Waals surface area contributed by atoms with Crippen LogP contribution in [0.15, 0.2) is 0 Å². The average molecular weight is 258 g/mol. The first kappa shape index (κ1) is 12.8. The Morgan fingerprint density at radius 2 is 1.47 bits per heavy atom. The van der Waals surface area contributed by atoms with Crippen LogP contribution < -0.4 is 0 Å². The quantitative estimate of drug-likeness (QED) is 0.532. The second-order valence-electron chi connectivity index (χ2n) is 9.08. The van der Waals surface area contributed by atoms with Crippen molar-refractivity contribution in [2.75, 3.05) is 0 Å². The molecule has 0 aromatic rings. The molecule has 2 aliphatic heterocycles. The molecule has 0 amide bonds. The van der Waals surface area contributed by atoms with Gasteiger partial charge in [-0.05, 0) is 29.6 Å². The van der Waals surface area contributed by atoms with Gasteiger partial charge in [0.25, 0.3) is 0 Å². The summed E-state index contributed by atoms with van der Waals surface area (Å²) in [6, 6.07) is 0. The molecule has 106 valence electrons. The van der Waals surface area contributed by atoms with Crippen LogP contribution in [0.5, 0.6) is 0 Å². The van der Waals surface area contributed by atoms with Gasteiger partial charge in [-0.1, -0.05) is 83.2 Å². The van der Waals surface area contributed by atoms with E-state index in [2.05, 4.69) is 20.8 Å². The molecular weight excluding hydrogens is 227 g/mol. The summed E-state index contributed by atoms with van der Waals surface area (Å²) < 4.78 is 0. The predicted octanol–water partition coefficient (Wildman–Crippen LogP) is 5.66. The van der Waals surface area contributed by atoms with Gasteiger partial charge in [-0.25, -0.2) is 0 Å². The molecule has 5 aliphatic rings. The maximum Gasteiger partial charge on any atom is 0.149 e. The Kier molecular flexibility index (Phi) is 2.88. The average Bonchev–Trinajstić information content (AvgIpc) is 2.37. The van der Waals surface area contributed by atoms with Crippen molar-refractivity contribution in [1.29, 1.82) is 0 Å². The van der Waals surface area contributed by atoms with Crippen molar-refractivity contribution in [2.45, 2.75) is 89.6 Å². The SMILES string of the molecule is C[C@@H]1[C@H](B2C3CCCC2CCC3)C[C@H]2C[C@@H]1C2(C)C. The molecule has 0 radical (unpaired) electrons. The molecule has 2 heterocycles. The third-order valence-corrected chi connectivity index (χ3v) is 8.30. The summed E-state index contributed by atoms with van der Waals surface area (Å²) in [6.07, 6.45) is 12.5. The highest BCUT2D eigenvalue weighted by Crippen LogP contribution is 2.67. The number of hydrogen-bond donors (Lipinski definition) is 0. The zero-order chi connectivity index (χ0) is 13.2. The summed E-state index contributed by atoms with van der Waals surface area (Å²) in [7, 11) is 0. The molecule has 0 aromatic heterocycles. The lowest BCUT2D eigenvalue weighted by Gasteiger charge is -2.64. The molecule has 1 heteroatoms. The lowest BCUT2D eigenvalue weighted by atomic mass is 9.18. The molecule has 5 rings (SSSR count). The third-order valence-electron chi connectivity index (χ3n) is 8.30. The summed E-state index contributed by atoms with van der Waals surface area (Å²) in [6.45, 7) is 8.87. The molecule has 0 spiro atoms. The van der Waals surface area contributed by atoms with E-state index in [1.165, 1.54) is 0 Å². The molecule has 3 aliphatic carbocycles. The molecule has 3 saturated carbocycles. The van der Waals surface area contributed by atoms with Crippen molar-refractivity contribution in [1.82, 2.24) is 0 Å². The zero-order valence-corrected chi connectivity index (χ0v) is 13.2. The fourth-order valence-corrected chi connectivity index (χ4v) is 7.12. The van der Waals surface area contributed by atoms with Gasteiger partial charge in [0.05, 0.1) is 0 Å². The normalized spacial score (nSPS) is 51.6. The highest BCUT2D eigenvalue weighted by atomic mass is 14.6. The van der Waals surface area contributed by atoms with Crippen LogP contribution in [0.2, 0.25) is 17.5 Å². The van der Waals surface area contributed by atoms with E-state index in [4.69, 9.17) is 0 Å². The maximum absolute atomic E-state index is 2.62. The summed E-state index contributed by atoms with van der Waals surface area (Å²) in [5, 5.41) is 0. The van der Waals surface area contributed by atoms with Crippen molar-refractivity contribution in [3.05, 3.63) is 0 Å². The van der Waals surface area contributed by atoms with Gasteiger partial charge in [-0.3, -0.25) is 0 Å². The summed E-state index contributed by atoms with van der Waals surface area (Å²) in [4.78, 5) is 0. The van der Waals surface area contributed by atoms with Crippen LogP contribution in [-0.4, -0.2) is 6.71 Å². The van der Waals surface area contributed by atoms with E-state index in [1.807, 2.05) is 0 Å². The molecule has 5 fully saturated rings. The van der Waals surface area contributed by atoms with E-state index in [-0.39, 0.29) is 0 Å².